The molecule has 2 N–H and O–H groups in total. The molecular formula is C14H23N. The van der Waals surface area contributed by atoms with Gasteiger partial charge in [-0.1, -0.05) is 50.5 Å². The quantitative estimate of drug-likeness (QED) is 0.679. The van der Waals surface area contributed by atoms with Crippen LogP contribution in [0, 0.1) is 0 Å². The van der Waals surface area contributed by atoms with Crippen LogP contribution in [-0.4, -0.2) is 6.54 Å². The van der Waals surface area contributed by atoms with Gasteiger partial charge in [-0.3, -0.25) is 0 Å². The number of benzene rings is 1. The zero-order valence-corrected chi connectivity index (χ0v) is 9.84. The van der Waals surface area contributed by atoms with Crippen molar-refractivity contribution in [2.24, 2.45) is 5.73 Å². The Bertz CT molecular complexity index is 268. The van der Waals surface area contributed by atoms with Crippen molar-refractivity contribution < 1.29 is 0 Å². The first-order chi connectivity index (χ1) is 7.38. The van der Waals surface area contributed by atoms with Gasteiger partial charge >= 0.3 is 0 Å². The summed E-state index contributed by atoms with van der Waals surface area (Å²) in [6, 6.07) is 8.70. The van der Waals surface area contributed by atoms with Crippen molar-refractivity contribution in [1.82, 2.24) is 0 Å². The number of hydrogen-bond acceptors (Lipinski definition) is 1. The van der Waals surface area contributed by atoms with Gasteiger partial charge in [0.05, 0.1) is 0 Å². The predicted octanol–water partition coefficient (Wildman–Crippen LogP) is 3.31. The van der Waals surface area contributed by atoms with Gasteiger partial charge in [-0.2, -0.15) is 0 Å². The monoisotopic (exact) mass is 205 g/mol. The number of nitrogens with two attached hydrogens (primary N) is 1. The van der Waals surface area contributed by atoms with E-state index in [-0.39, 0.29) is 0 Å². The van der Waals surface area contributed by atoms with Crippen LogP contribution in [0.15, 0.2) is 24.3 Å². The summed E-state index contributed by atoms with van der Waals surface area (Å²) in [4.78, 5) is 0. The number of rotatable bonds is 7. The van der Waals surface area contributed by atoms with Crippen molar-refractivity contribution >= 4 is 0 Å². The Kier molecular flexibility index (Phi) is 6.10. The average molecular weight is 205 g/mol. The van der Waals surface area contributed by atoms with E-state index < -0.39 is 0 Å². The lowest BCUT2D eigenvalue weighted by Gasteiger charge is -2.08. The first kappa shape index (κ1) is 12.3. The van der Waals surface area contributed by atoms with Crippen molar-refractivity contribution in [2.45, 2.75) is 45.4 Å². The highest BCUT2D eigenvalue weighted by Gasteiger charge is 2.00. The molecule has 0 radical (unpaired) electrons. The molecule has 1 aromatic carbocycles. The van der Waals surface area contributed by atoms with Crippen molar-refractivity contribution in [1.29, 1.82) is 0 Å². The molecule has 0 saturated heterocycles. The Balaban J connectivity index is 2.44. The topological polar surface area (TPSA) is 26.0 Å². The molecule has 0 amide bonds. The second-order valence-electron chi connectivity index (χ2n) is 4.12. The highest BCUT2D eigenvalue weighted by molar-refractivity contribution is 5.27. The van der Waals surface area contributed by atoms with Gasteiger partial charge in [-0.25, -0.2) is 0 Å². The zero-order chi connectivity index (χ0) is 10.9. The van der Waals surface area contributed by atoms with Crippen molar-refractivity contribution in [3.05, 3.63) is 35.4 Å². The largest absolute Gasteiger partial charge is 0.330 e. The van der Waals surface area contributed by atoms with Gasteiger partial charge < -0.3 is 5.73 Å². The van der Waals surface area contributed by atoms with E-state index >= 15 is 0 Å². The lowest BCUT2D eigenvalue weighted by molar-refractivity contribution is 0.664. The van der Waals surface area contributed by atoms with Crippen molar-refractivity contribution in [3.63, 3.8) is 0 Å². The van der Waals surface area contributed by atoms with Gasteiger partial charge in [0.25, 0.3) is 0 Å². The zero-order valence-electron chi connectivity index (χ0n) is 9.84. The first-order valence-electron chi connectivity index (χ1n) is 6.15. The molecule has 84 valence electrons. The van der Waals surface area contributed by atoms with Crippen molar-refractivity contribution in [3.8, 4) is 0 Å². The fourth-order valence-corrected chi connectivity index (χ4v) is 1.94. The van der Waals surface area contributed by atoms with Crippen LogP contribution in [0.3, 0.4) is 0 Å². The van der Waals surface area contributed by atoms with E-state index in [1.807, 2.05) is 0 Å². The summed E-state index contributed by atoms with van der Waals surface area (Å²) in [5.74, 6) is 0. The molecule has 0 saturated carbocycles. The van der Waals surface area contributed by atoms with E-state index in [0.717, 1.165) is 13.0 Å². The van der Waals surface area contributed by atoms with Crippen LogP contribution < -0.4 is 5.73 Å². The molecule has 0 bridgehead atoms. The summed E-state index contributed by atoms with van der Waals surface area (Å²) >= 11 is 0. The third-order valence-electron chi connectivity index (χ3n) is 2.83. The molecule has 0 aliphatic carbocycles. The summed E-state index contributed by atoms with van der Waals surface area (Å²) in [6.07, 6.45) is 7.58. The minimum Gasteiger partial charge on any atom is -0.330 e. The predicted molar refractivity (Wildman–Crippen MR) is 67.0 cm³/mol. The second-order valence-corrected chi connectivity index (χ2v) is 4.12. The van der Waals surface area contributed by atoms with Crippen LogP contribution in [0.25, 0.3) is 0 Å². The second kappa shape index (κ2) is 7.47. The van der Waals surface area contributed by atoms with Gasteiger partial charge in [0.15, 0.2) is 0 Å². The molecule has 0 atom stereocenters. The summed E-state index contributed by atoms with van der Waals surface area (Å²) in [6.45, 7) is 3.01. The van der Waals surface area contributed by atoms with E-state index in [9.17, 15) is 0 Å². The number of unbranched alkanes of at least 4 members (excludes halogenated alkanes) is 3. The van der Waals surface area contributed by atoms with Gasteiger partial charge in [-0.05, 0) is 36.9 Å². The molecule has 0 fully saturated rings. The Morgan fingerprint density at radius 1 is 0.933 bits per heavy atom. The molecule has 0 spiro atoms. The minimum absolute atomic E-state index is 0.756. The third kappa shape index (κ3) is 4.48. The van der Waals surface area contributed by atoms with Crippen LogP contribution in [0.5, 0.6) is 0 Å². The van der Waals surface area contributed by atoms with Crippen molar-refractivity contribution in [2.75, 3.05) is 6.54 Å². The molecule has 0 aliphatic heterocycles. The summed E-state index contributed by atoms with van der Waals surface area (Å²) in [5.41, 5.74) is 8.55. The lowest BCUT2D eigenvalue weighted by Crippen LogP contribution is -2.05. The summed E-state index contributed by atoms with van der Waals surface area (Å²) < 4.78 is 0. The molecule has 1 rings (SSSR count). The maximum Gasteiger partial charge on any atom is -0.00366 e. The first-order valence-corrected chi connectivity index (χ1v) is 6.15. The van der Waals surface area contributed by atoms with Crippen LogP contribution in [0.1, 0.15) is 43.7 Å². The lowest BCUT2D eigenvalue weighted by atomic mass is 9.99. The normalized spacial score (nSPS) is 10.5. The Labute approximate surface area is 93.7 Å². The third-order valence-corrected chi connectivity index (χ3v) is 2.83. The summed E-state index contributed by atoms with van der Waals surface area (Å²) in [5, 5.41) is 0. The molecule has 0 unspecified atom stereocenters. The van der Waals surface area contributed by atoms with Crippen LogP contribution in [-0.2, 0) is 12.8 Å². The Morgan fingerprint density at radius 3 is 2.20 bits per heavy atom. The smallest absolute Gasteiger partial charge is 0.00366 e. The molecule has 0 heterocycles. The molecule has 15 heavy (non-hydrogen) atoms. The van der Waals surface area contributed by atoms with Crippen LogP contribution in [0.2, 0.25) is 0 Å². The van der Waals surface area contributed by atoms with E-state index in [0.29, 0.717) is 0 Å². The molecule has 0 aliphatic rings. The maximum atomic E-state index is 5.61. The SMILES string of the molecule is CCCCCCc1ccccc1CCN. The fraction of sp³-hybridized carbons (Fsp3) is 0.571. The fourth-order valence-electron chi connectivity index (χ4n) is 1.94. The van der Waals surface area contributed by atoms with E-state index in [4.69, 9.17) is 5.73 Å². The number of aryl methyl sites for hydroxylation is 1. The van der Waals surface area contributed by atoms with E-state index in [2.05, 4.69) is 31.2 Å². The summed E-state index contributed by atoms with van der Waals surface area (Å²) in [7, 11) is 0. The van der Waals surface area contributed by atoms with Crippen LogP contribution in [0.4, 0.5) is 0 Å². The molecule has 1 heteroatoms. The maximum absolute atomic E-state index is 5.61. The standard InChI is InChI=1S/C14H23N/c1-2-3-4-5-8-13-9-6-7-10-14(13)11-12-15/h6-7,9-10H,2-5,8,11-12,15H2,1H3. The van der Waals surface area contributed by atoms with Gasteiger partial charge in [0.2, 0.25) is 0 Å². The van der Waals surface area contributed by atoms with Gasteiger partial charge in [0.1, 0.15) is 0 Å². The van der Waals surface area contributed by atoms with Gasteiger partial charge in [-0.15, -0.1) is 0 Å². The highest BCUT2D eigenvalue weighted by atomic mass is 14.5. The molecule has 1 nitrogen and oxygen atoms in total. The highest BCUT2D eigenvalue weighted by Crippen LogP contribution is 2.13. The number of hydrogen-bond donors (Lipinski definition) is 1. The van der Waals surface area contributed by atoms with E-state index in [1.54, 1.807) is 0 Å². The minimum atomic E-state index is 0.756. The Morgan fingerprint density at radius 2 is 1.60 bits per heavy atom. The molecule has 0 aromatic heterocycles. The average Bonchev–Trinajstić information content (AvgIpc) is 2.27. The van der Waals surface area contributed by atoms with Crippen LogP contribution >= 0.6 is 0 Å². The molecular weight excluding hydrogens is 182 g/mol. The molecule has 1 aromatic rings. The van der Waals surface area contributed by atoms with Gasteiger partial charge in [0, 0.05) is 0 Å². The Hall–Kier alpha value is -0.820. The van der Waals surface area contributed by atoms with E-state index in [1.165, 1.54) is 43.2 Å².